The van der Waals surface area contributed by atoms with Gasteiger partial charge in [0.15, 0.2) is 0 Å². The summed E-state index contributed by atoms with van der Waals surface area (Å²) in [6.07, 6.45) is 1.76. The third-order valence-corrected chi connectivity index (χ3v) is 4.06. The van der Waals surface area contributed by atoms with E-state index in [4.69, 9.17) is 4.74 Å². The van der Waals surface area contributed by atoms with Gasteiger partial charge in [-0.2, -0.15) is 0 Å². The summed E-state index contributed by atoms with van der Waals surface area (Å²) in [5.74, 6) is 0.890. The van der Waals surface area contributed by atoms with Crippen molar-refractivity contribution in [3.8, 4) is 5.75 Å². The van der Waals surface area contributed by atoms with Gasteiger partial charge in [-0.05, 0) is 44.9 Å². The van der Waals surface area contributed by atoms with Crippen LogP contribution in [0, 0.1) is 0 Å². The monoisotopic (exact) mass is 342 g/mol. The maximum atomic E-state index is 5.50. The number of nitrogens with one attached hydrogen (secondary N) is 1. The third-order valence-electron chi connectivity index (χ3n) is 3.43. The highest BCUT2D eigenvalue weighted by molar-refractivity contribution is 9.10. The zero-order valence-electron chi connectivity index (χ0n) is 11.6. The number of ether oxygens (including phenoxy) is 1. The molecular weight excluding hydrogens is 328 g/mol. The number of pyridine rings is 1. The molecule has 0 aliphatic carbocycles. The highest BCUT2D eigenvalue weighted by Gasteiger charge is 2.09. The number of rotatable bonds is 4. The molecule has 3 nitrogen and oxygen atoms in total. The minimum atomic E-state index is 0.675. The first-order valence-electron chi connectivity index (χ1n) is 6.68. The van der Waals surface area contributed by atoms with Crippen LogP contribution in [0.1, 0.15) is 5.56 Å². The van der Waals surface area contributed by atoms with E-state index in [-0.39, 0.29) is 0 Å². The van der Waals surface area contributed by atoms with Gasteiger partial charge in [0.2, 0.25) is 0 Å². The van der Waals surface area contributed by atoms with Gasteiger partial charge in [0.1, 0.15) is 10.4 Å². The van der Waals surface area contributed by atoms with Crippen LogP contribution in [0.25, 0.3) is 10.8 Å². The quantitative estimate of drug-likeness (QED) is 0.702. The molecule has 106 valence electrons. The number of aromatic nitrogens is 1. The van der Waals surface area contributed by atoms with Crippen molar-refractivity contribution in [1.29, 1.82) is 0 Å². The van der Waals surface area contributed by atoms with Crippen LogP contribution in [-0.2, 0) is 6.54 Å². The van der Waals surface area contributed by atoms with Gasteiger partial charge in [0.05, 0.1) is 12.8 Å². The number of nitrogens with zero attached hydrogens (tertiary/aromatic N) is 1. The van der Waals surface area contributed by atoms with E-state index in [1.807, 2.05) is 30.3 Å². The van der Waals surface area contributed by atoms with Crippen LogP contribution < -0.4 is 10.1 Å². The second kappa shape index (κ2) is 6.14. The highest BCUT2D eigenvalue weighted by Crippen LogP contribution is 2.29. The molecule has 0 atom stereocenters. The lowest BCUT2D eigenvalue weighted by Crippen LogP contribution is -2.03. The van der Waals surface area contributed by atoms with E-state index in [0.29, 0.717) is 6.54 Å². The Kier molecular flexibility index (Phi) is 4.06. The van der Waals surface area contributed by atoms with Crippen LogP contribution in [0.3, 0.4) is 0 Å². The molecule has 2 aromatic carbocycles. The molecule has 3 rings (SSSR count). The molecule has 0 spiro atoms. The van der Waals surface area contributed by atoms with Crippen LogP contribution in [0.4, 0.5) is 5.69 Å². The fourth-order valence-electron chi connectivity index (χ4n) is 2.39. The Labute approximate surface area is 132 Å². The van der Waals surface area contributed by atoms with E-state index in [2.05, 4.69) is 44.4 Å². The Morgan fingerprint density at radius 2 is 1.95 bits per heavy atom. The van der Waals surface area contributed by atoms with Gasteiger partial charge in [-0.15, -0.1) is 0 Å². The van der Waals surface area contributed by atoms with E-state index >= 15 is 0 Å². The Hall–Kier alpha value is -2.07. The normalized spacial score (nSPS) is 10.6. The van der Waals surface area contributed by atoms with Crippen molar-refractivity contribution in [2.45, 2.75) is 6.54 Å². The van der Waals surface area contributed by atoms with Gasteiger partial charge < -0.3 is 10.1 Å². The maximum absolute atomic E-state index is 5.50. The maximum Gasteiger partial charge on any atom is 0.129 e. The standard InChI is InChI=1S/C17H15BrN2O/c1-21-16-9-8-12-5-2-3-6-13(12)14(16)11-20-15-7-4-10-19-17(15)18/h2-10,20H,11H2,1H3. The van der Waals surface area contributed by atoms with E-state index in [1.165, 1.54) is 10.8 Å². The lowest BCUT2D eigenvalue weighted by Gasteiger charge is -2.14. The predicted molar refractivity (Wildman–Crippen MR) is 89.8 cm³/mol. The number of fused-ring (bicyclic) bond motifs is 1. The van der Waals surface area contributed by atoms with Crippen molar-refractivity contribution >= 4 is 32.4 Å². The van der Waals surface area contributed by atoms with Crippen molar-refractivity contribution in [2.24, 2.45) is 0 Å². The molecular formula is C17H15BrN2O. The molecule has 0 aliphatic rings. The fraction of sp³-hybridized carbons (Fsp3) is 0.118. The number of hydrogen-bond acceptors (Lipinski definition) is 3. The van der Waals surface area contributed by atoms with Crippen molar-refractivity contribution in [2.75, 3.05) is 12.4 Å². The zero-order valence-corrected chi connectivity index (χ0v) is 13.2. The van der Waals surface area contributed by atoms with E-state index in [1.54, 1.807) is 13.3 Å². The fourth-order valence-corrected chi connectivity index (χ4v) is 2.78. The zero-order chi connectivity index (χ0) is 14.7. The molecule has 1 heterocycles. The van der Waals surface area contributed by atoms with Crippen molar-refractivity contribution in [3.63, 3.8) is 0 Å². The van der Waals surface area contributed by atoms with E-state index < -0.39 is 0 Å². The van der Waals surface area contributed by atoms with Crippen LogP contribution in [0.5, 0.6) is 5.75 Å². The summed E-state index contributed by atoms with van der Waals surface area (Å²) in [5.41, 5.74) is 2.11. The summed E-state index contributed by atoms with van der Waals surface area (Å²) in [4.78, 5) is 4.22. The third kappa shape index (κ3) is 2.85. The van der Waals surface area contributed by atoms with Gasteiger partial charge in [0, 0.05) is 18.3 Å². The van der Waals surface area contributed by atoms with Crippen LogP contribution >= 0.6 is 15.9 Å². The summed E-state index contributed by atoms with van der Waals surface area (Å²) in [6, 6.07) is 16.3. The lowest BCUT2D eigenvalue weighted by atomic mass is 10.0. The van der Waals surface area contributed by atoms with Gasteiger partial charge >= 0.3 is 0 Å². The summed E-state index contributed by atoms with van der Waals surface area (Å²) in [7, 11) is 1.70. The first kappa shape index (κ1) is 13.9. The smallest absolute Gasteiger partial charge is 0.129 e. The summed E-state index contributed by atoms with van der Waals surface area (Å²) in [6.45, 7) is 0.675. The molecule has 0 amide bonds. The van der Waals surface area contributed by atoms with Gasteiger partial charge in [-0.3, -0.25) is 0 Å². The molecule has 0 unspecified atom stereocenters. The first-order chi connectivity index (χ1) is 10.3. The molecule has 1 aromatic heterocycles. The largest absolute Gasteiger partial charge is 0.496 e. The molecule has 1 N–H and O–H groups in total. The van der Waals surface area contributed by atoms with E-state index in [0.717, 1.165) is 21.6 Å². The number of hydrogen-bond donors (Lipinski definition) is 1. The van der Waals surface area contributed by atoms with E-state index in [9.17, 15) is 0 Å². The van der Waals surface area contributed by atoms with Gasteiger partial charge in [0.25, 0.3) is 0 Å². The lowest BCUT2D eigenvalue weighted by molar-refractivity contribution is 0.411. The molecule has 3 aromatic rings. The molecule has 0 fully saturated rings. The molecule has 21 heavy (non-hydrogen) atoms. The number of benzene rings is 2. The first-order valence-corrected chi connectivity index (χ1v) is 7.48. The average molecular weight is 343 g/mol. The molecule has 0 bridgehead atoms. The Morgan fingerprint density at radius 1 is 1.10 bits per heavy atom. The van der Waals surface area contributed by atoms with Crippen LogP contribution in [0.2, 0.25) is 0 Å². The summed E-state index contributed by atoms with van der Waals surface area (Å²) < 4.78 is 6.31. The van der Waals surface area contributed by atoms with Gasteiger partial charge in [-0.25, -0.2) is 4.98 Å². The van der Waals surface area contributed by atoms with Gasteiger partial charge in [-0.1, -0.05) is 30.3 Å². The predicted octanol–water partition coefficient (Wildman–Crippen LogP) is 4.62. The minimum Gasteiger partial charge on any atom is -0.496 e. The summed E-state index contributed by atoms with van der Waals surface area (Å²) >= 11 is 3.45. The second-order valence-corrected chi connectivity index (χ2v) is 5.41. The second-order valence-electron chi connectivity index (χ2n) is 4.66. The minimum absolute atomic E-state index is 0.675. The molecule has 4 heteroatoms. The molecule has 0 aliphatic heterocycles. The topological polar surface area (TPSA) is 34.1 Å². The molecule has 0 saturated carbocycles. The van der Waals surface area contributed by atoms with Crippen LogP contribution in [0.15, 0.2) is 59.3 Å². The Bertz CT molecular complexity index is 774. The summed E-state index contributed by atoms with van der Waals surface area (Å²) in [5, 5.41) is 5.81. The SMILES string of the molecule is COc1ccc2ccccc2c1CNc1cccnc1Br. The Morgan fingerprint density at radius 3 is 2.76 bits per heavy atom. The van der Waals surface area contributed by atoms with Crippen molar-refractivity contribution in [3.05, 3.63) is 64.9 Å². The average Bonchev–Trinajstić information content (AvgIpc) is 2.53. The highest BCUT2D eigenvalue weighted by atomic mass is 79.9. The Balaban J connectivity index is 1.97. The number of halogens is 1. The number of anilines is 1. The van der Waals surface area contributed by atoms with Crippen LogP contribution in [-0.4, -0.2) is 12.1 Å². The van der Waals surface area contributed by atoms with Crippen molar-refractivity contribution < 1.29 is 4.74 Å². The molecule has 0 radical (unpaired) electrons. The number of methoxy groups -OCH3 is 1. The molecule has 0 saturated heterocycles. The van der Waals surface area contributed by atoms with Crippen molar-refractivity contribution in [1.82, 2.24) is 4.98 Å².